The highest BCUT2D eigenvalue weighted by molar-refractivity contribution is 5.55. The quantitative estimate of drug-likeness (QED) is 0.663. The lowest BCUT2D eigenvalue weighted by Gasteiger charge is -2.10. The third kappa shape index (κ3) is 3.23. The second-order valence-corrected chi connectivity index (χ2v) is 4.43. The van der Waals surface area contributed by atoms with Gasteiger partial charge in [-0.15, -0.1) is 0 Å². The number of nitro groups is 1. The Hall–Kier alpha value is -2.63. The number of hydrogen-bond acceptors (Lipinski definition) is 4. The van der Waals surface area contributed by atoms with Crippen molar-refractivity contribution in [2.45, 2.75) is 13.5 Å². The topological polar surface area (TPSA) is 75.4 Å². The minimum absolute atomic E-state index is 0.0245. The largest absolute Gasteiger partial charge is 0.508 e. The molecule has 5 nitrogen and oxygen atoms in total. The minimum atomic E-state index is -0.512. The van der Waals surface area contributed by atoms with Gasteiger partial charge in [0.2, 0.25) is 0 Å². The summed E-state index contributed by atoms with van der Waals surface area (Å²) < 4.78 is 13.1. The molecule has 0 saturated carbocycles. The molecule has 0 spiro atoms. The Labute approximate surface area is 114 Å². The van der Waals surface area contributed by atoms with Crippen LogP contribution in [-0.4, -0.2) is 10.0 Å². The summed E-state index contributed by atoms with van der Waals surface area (Å²) in [6.07, 6.45) is 0. The number of hydrogen-bond donors (Lipinski definition) is 2. The third-order valence-electron chi connectivity index (χ3n) is 2.85. The molecule has 2 N–H and O–H groups in total. The lowest BCUT2D eigenvalue weighted by atomic mass is 10.1. The summed E-state index contributed by atoms with van der Waals surface area (Å²) in [7, 11) is 0. The summed E-state index contributed by atoms with van der Waals surface area (Å²) in [5.74, 6) is -0.649. The molecule has 2 rings (SSSR count). The molecular formula is C14H13FN2O3. The highest BCUT2D eigenvalue weighted by Gasteiger charge is 2.08. The molecule has 0 radical (unpaired) electrons. The number of nitrogens with one attached hydrogen (secondary N) is 1. The number of aryl methyl sites for hydroxylation is 1. The van der Waals surface area contributed by atoms with Crippen molar-refractivity contribution in [1.29, 1.82) is 0 Å². The summed E-state index contributed by atoms with van der Waals surface area (Å²) in [4.78, 5) is 10.2. The molecule has 0 fully saturated rings. The lowest BCUT2D eigenvalue weighted by molar-refractivity contribution is -0.384. The first-order valence-corrected chi connectivity index (χ1v) is 5.93. The molecule has 0 atom stereocenters. The average Bonchev–Trinajstić information content (AvgIpc) is 2.36. The number of halogens is 1. The monoisotopic (exact) mass is 276 g/mol. The van der Waals surface area contributed by atoms with Gasteiger partial charge in [-0.1, -0.05) is 0 Å². The van der Waals surface area contributed by atoms with E-state index in [9.17, 15) is 19.6 Å². The molecule has 0 unspecified atom stereocenters. The molecule has 0 aliphatic carbocycles. The first-order valence-electron chi connectivity index (χ1n) is 5.93. The van der Waals surface area contributed by atoms with Gasteiger partial charge in [-0.3, -0.25) is 10.1 Å². The number of nitro benzene ring substituents is 1. The molecule has 0 bridgehead atoms. The molecule has 2 aromatic carbocycles. The van der Waals surface area contributed by atoms with E-state index in [1.807, 2.05) is 0 Å². The number of nitrogens with zero attached hydrogens (tertiary/aromatic N) is 1. The number of phenolic OH excluding ortho intramolecular Hbond substituents is 1. The van der Waals surface area contributed by atoms with Gasteiger partial charge in [0, 0.05) is 30.4 Å². The summed E-state index contributed by atoms with van der Waals surface area (Å²) in [5.41, 5.74) is 2.05. The molecule has 2 aromatic rings. The van der Waals surface area contributed by atoms with Crippen LogP contribution in [0, 0.1) is 22.9 Å². The van der Waals surface area contributed by atoms with Gasteiger partial charge < -0.3 is 10.4 Å². The number of rotatable bonds is 4. The molecule has 0 aliphatic heterocycles. The van der Waals surface area contributed by atoms with Crippen molar-refractivity contribution in [3.63, 3.8) is 0 Å². The highest BCUT2D eigenvalue weighted by atomic mass is 19.1. The fourth-order valence-electron chi connectivity index (χ4n) is 1.89. The summed E-state index contributed by atoms with van der Waals surface area (Å²) in [6, 6.07) is 8.27. The molecule has 0 heterocycles. The zero-order valence-corrected chi connectivity index (χ0v) is 10.8. The fourth-order valence-corrected chi connectivity index (χ4v) is 1.89. The predicted octanol–water partition coefficient (Wildman–Crippen LogP) is 3.36. The van der Waals surface area contributed by atoms with Crippen molar-refractivity contribution < 1.29 is 14.4 Å². The molecule has 0 amide bonds. The highest BCUT2D eigenvalue weighted by Crippen LogP contribution is 2.22. The van der Waals surface area contributed by atoms with Gasteiger partial charge in [-0.05, 0) is 36.2 Å². The maximum Gasteiger partial charge on any atom is 0.269 e. The van der Waals surface area contributed by atoms with Crippen LogP contribution in [0.15, 0.2) is 36.4 Å². The molecule has 0 saturated heterocycles. The van der Waals surface area contributed by atoms with Crippen molar-refractivity contribution in [3.8, 4) is 5.75 Å². The Kier molecular flexibility index (Phi) is 3.84. The maximum atomic E-state index is 13.1. The van der Waals surface area contributed by atoms with Crippen LogP contribution in [0.4, 0.5) is 15.8 Å². The van der Waals surface area contributed by atoms with Crippen molar-refractivity contribution in [1.82, 2.24) is 0 Å². The number of benzene rings is 2. The summed E-state index contributed by atoms with van der Waals surface area (Å²) in [6.45, 7) is 2.06. The smallest absolute Gasteiger partial charge is 0.269 e. The van der Waals surface area contributed by atoms with E-state index < -0.39 is 10.7 Å². The van der Waals surface area contributed by atoms with Gasteiger partial charge in [0.15, 0.2) is 0 Å². The van der Waals surface area contributed by atoms with Crippen LogP contribution in [0.1, 0.15) is 11.1 Å². The molecule has 20 heavy (non-hydrogen) atoms. The van der Waals surface area contributed by atoms with E-state index in [2.05, 4.69) is 5.32 Å². The van der Waals surface area contributed by atoms with E-state index >= 15 is 0 Å². The van der Waals surface area contributed by atoms with Crippen LogP contribution in [-0.2, 0) is 6.54 Å². The van der Waals surface area contributed by atoms with Gasteiger partial charge in [0.1, 0.15) is 11.6 Å². The van der Waals surface area contributed by atoms with E-state index in [0.29, 0.717) is 12.1 Å². The number of aromatic hydroxyl groups is 1. The zero-order valence-electron chi connectivity index (χ0n) is 10.8. The Bertz CT molecular complexity index is 639. The van der Waals surface area contributed by atoms with Crippen molar-refractivity contribution in [3.05, 3.63) is 63.5 Å². The van der Waals surface area contributed by atoms with Gasteiger partial charge in [-0.25, -0.2) is 4.39 Å². The third-order valence-corrected chi connectivity index (χ3v) is 2.85. The minimum Gasteiger partial charge on any atom is -0.508 e. The summed E-state index contributed by atoms with van der Waals surface area (Å²) in [5, 5.41) is 23.0. The summed E-state index contributed by atoms with van der Waals surface area (Å²) >= 11 is 0. The Morgan fingerprint density at radius 1 is 1.30 bits per heavy atom. The van der Waals surface area contributed by atoms with Crippen LogP contribution >= 0.6 is 0 Å². The standard InChI is InChI=1S/C14H13FN2O3/c1-9-4-12(17(19)20)2-3-14(9)16-8-10-5-11(15)7-13(18)6-10/h2-7,16,18H,8H2,1H3. The maximum absolute atomic E-state index is 13.1. The molecule has 6 heteroatoms. The number of anilines is 1. The Morgan fingerprint density at radius 3 is 2.65 bits per heavy atom. The van der Waals surface area contributed by atoms with E-state index in [4.69, 9.17) is 0 Å². The zero-order chi connectivity index (χ0) is 14.7. The first-order chi connectivity index (χ1) is 9.45. The second-order valence-electron chi connectivity index (χ2n) is 4.43. The molecular weight excluding hydrogens is 263 g/mol. The van der Waals surface area contributed by atoms with Gasteiger partial charge >= 0.3 is 0 Å². The van der Waals surface area contributed by atoms with E-state index in [0.717, 1.165) is 17.3 Å². The van der Waals surface area contributed by atoms with Crippen LogP contribution in [0.25, 0.3) is 0 Å². The fraction of sp³-hybridized carbons (Fsp3) is 0.143. The predicted molar refractivity (Wildman–Crippen MR) is 73.2 cm³/mol. The molecule has 0 aromatic heterocycles. The van der Waals surface area contributed by atoms with Crippen LogP contribution in [0.3, 0.4) is 0 Å². The SMILES string of the molecule is Cc1cc([N+](=O)[O-])ccc1NCc1cc(O)cc(F)c1. The van der Waals surface area contributed by atoms with Crippen molar-refractivity contribution >= 4 is 11.4 Å². The number of non-ortho nitro benzene ring substituents is 1. The first kappa shape index (κ1) is 13.8. The Morgan fingerprint density at radius 2 is 2.05 bits per heavy atom. The van der Waals surface area contributed by atoms with Crippen LogP contribution < -0.4 is 5.32 Å². The normalized spacial score (nSPS) is 10.3. The number of phenols is 1. The van der Waals surface area contributed by atoms with Crippen LogP contribution in [0.5, 0.6) is 5.75 Å². The van der Waals surface area contributed by atoms with E-state index in [1.165, 1.54) is 24.3 Å². The van der Waals surface area contributed by atoms with Crippen molar-refractivity contribution in [2.75, 3.05) is 5.32 Å². The van der Waals surface area contributed by atoms with Gasteiger partial charge in [-0.2, -0.15) is 0 Å². The van der Waals surface area contributed by atoms with Crippen molar-refractivity contribution in [2.24, 2.45) is 0 Å². The van der Waals surface area contributed by atoms with E-state index in [-0.39, 0.29) is 11.4 Å². The Balaban J connectivity index is 2.12. The second kappa shape index (κ2) is 5.56. The van der Waals surface area contributed by atoms with Crippen LogP contribution in [0.2, 0.25) is 0 Å². The molecule has 104 valence electrons. The van der Waals surface area contributed by atoms with Gasteiger partial charge in [0.05, 0.1) is 4.92 Å². The average molecular weight is 276 g/mol. The van der Waals surface area contributed by atoms with E-state index in [1.54, 1.807) is 13.0 Å². The molecule has 0 aliphatic rings. The van der Waals surface area contributed by atoms with Gasteiger partial charge in [0.25, 0.3) is 5.69 Å². The lowest BCUT2D eigenvalue weighted by Crippen LogP contribution is -2.02.